The number of hydrogen-bond donors (Lipinski definition) is 8. The zero-order valence-electron chi connectivity index (χ0n) is 30.1. The molecule has 6 atom stereocenters. The van der Waals surface area contributed by atoms with E-state index in [1.165, 1.54) is 26.5 Å². The number of carbonyl (C=O) groups is 6. The van der Waals surface area contributed by atoms with Crippen molar-refractivity contribution < 1.29 is 56.0 Å². The van der Waals surface area contributed by atoms with Gasteiger partial charge in [0.25, 0.3) is 0 Å². The number of carboxylic acid groups (broad SMARTS) is 2. The Hall–Kier alpha value is -5.88. The molecule has 0 unspecified atom stereocenters. The van der Waals surface area contributed by atoms with Gasteiger partial charge in [-0.3, -0.25) is 19.2 Å². The molecule has 4 amide bonds. The van der Waals surface area contributed by atoms with Gasteiger partial charge in [-0.25, -0.2) is 9.97 Å². The summed E-state index contributed by atoms with van der Waals surface area (Å²) in [5.74, 6) is -5.19. The van der Waals surface area contributed by atoms with Crippen molar-refractivity contribution >= 4 is 35.6 Å². The number of benzene rings is 2. The van der Waals surface area contributed by atoms with Crippen molar-refractivity contribution in [3.63, 3.8) is 0 Å². The van der Waals surface area contributed by atoms with Gasteiger partial charge in [0, 0.05) is 25.2 Å². The summed E-state index contributed by atoms with van der Waals surface area (Å²) in [6.45, 7) is 2.97. The number of H-pyrrole nitrogens is 2. The largest absolute Gasteiger partial charge is 2.00 e. The molecule has 0 spiro atoms. The molecule has 1 radical (unpaired) electrons. The van der Waals surface area contributed by atoms with E-state index in [9.17, 15) is 39.0 Å². The maximum atomic E-state index is 12.6. The molecule has 10 N–H and O–H groups in total. The van der Waals surface area contributed by atoms with Gasteiger partial charge < -0.3 is 62.5 Å². The summed E-state index contributed by atoms with van der Waals surface area (Å²) in [6, 6.07) is 11.5. The quantitative estimate of drug-likeness (QED) is 0.0456. The maximum Gasteiger partial charge on any atom is 2.00 e. The summed E-state index contributed by atoms with van der Waals surface area (Å²) < 4.78 is 0. The van der Waals surface area contributed by atoms with Crippen molar-refractivity contribution in [1.82, 2.24) is 41.2 Å². The molecule has 293 valence electrons. The SMILES string of the molecule is C[C@H](N)C(=O)N[C@@H](Cc1c[nH]cn1)C(=O)N[C@@H](Cc1ccccc1)C(=O)[O-].C[C@H](N)C(=O)N[C@@H](Cc1c[nH]cn1)C(=O)N[C@@H](Cc1ccccc1)C(=O)[O-].[Mn+2]. The summed E-state index contributed by atoms with van der Waals surface area (Å²) in [4.78, 5) is 85.6. The summed E-state index contributed by atoms with van der Waals surface area (Å²) in [7, 11) is 0. The molecule has 2 heterocycles. The molecular formula is C36H44MnN10O8. The Morgan fingerprint density at radius 3 is 1.16 bits per heavy atom. The number of nitrogens with one attached hydrogen (secondary N) is 6. The third-order valence-electron chi connectivity index (χ3n) is 7.80. The zero-order chi connectivity index (χ0) is 39.6. The number of hydrogen-bond acceptors (Lipinski definition) is 12. The minimum atomic E-state index is -1.41. The van der Waals surface area contributed by atoms with Crippen molar-refractivity contribution in [3.8, 4) is 0 Å². The first-order valence-corrected chi connectivity index (χ1v) is 16.9. The first-order chi connectivity index (χ1) is 25.7. The van der Waals surface area contributed by atoms with Crippen LogP contribution in [-0.4, -0.2) is 91.8 Å². The Morgan fingerprint density at radius 1 is 0.564 bits per heavy atom. The molecule has 0 saturated heterocycles. The standard InChI is InChI=1S/2C18H23N5O4.Mn/c2*1-11(19)16(24)22-14(8-13-9-20-10-21-13)17(25)23-15(18(26)27)7-12-5-3-2-4-6-12;/h2*2-6,9-11,14-15H,7-8,19H2,1H3,(H,20,21)(H,22,24)(H,23,25)(H,26,27);/q;;+2/p-2/t2*11-,14-,15-;/m00./s1. The minimum Gasteiger partial charge on any atom is -0.548 e. The number of aromatic nitrogens is 4. The van der Waals surface area contributed by atoms with Gasteiger partial charge in [-0.05, 0) is 37.8 Å². The number of nitrogens with zero attached hydrogens (tertiary/aromatic N) is 2. The smallest absolute Gasteiger partial charge is 0.548 e. The van der Waals surface area contributed by atoms with Crippen LogP contribution in [0.1, 0.15) is 36.4 Å². The average Bonchev–Trinajstić information content (AvgIpc) is 3.86. The number of carbonyl (C=O) groups excluding carboxylic acids is 6. The van der Waals surface area contributed by atoms with Gasteiger partial charge in [-0.2, -0.15) is 0 Å². The van der Waals surface area contributed by atoms with Crippen LogP contribution in [0.3, 0.4) is 0 Å². The molecule has 0 fully saturated rings. The van der Waals surface area contributed by atoms with E-state index in [0.717, 1.165) is 11.1 Å². The Bertz CT molecular complexity index is 1660. The van der Waals surface area contributed by atoms with Crippen molar-refractivity contribution in [3.05, 3.63) is 108 Å². The summed E-state index contributed by atoms with van der Waals surface area (Å²) >= 11 is 0. The molecule has 2 aromatic heterocycles. The monoisotopic (exact) mass is 799 g/mol. The van der Waals surface area contributed by atoms with E-state index < -0.39 is 71.8 Å². The van der Waals surface area contributed by atoms with Crippen molar-refractivity contribution in [2.75, 3.05) is 0 Å². The average molecular weight is 800 g/mol. The van der Waals surface area contributed by atoms with Crippen LogP contribution in [0.5, 0.6) is 0 Å². The fraction of sp³-hybridized carbons (Fsp3) is 0.333. The molecule has 0 bridgehead atoms. The number of aromatic amines is 2. The third kappa shape index (κ3) is 15.9. The topological polar surface area (TPSA) is 306 Å². The second kappa shape index (κ2) is 23.0. The Labute approximate surface area is 327 Å². The van der Waals surface area contributed by atoms with Crippen LogP contribution in [0.25, 0.3) is 0 Å². The molecule has 2 aromatic carbocycles. The second-order valence-electron chi connectivity index (χ2n) is 12.4. The first kappa shape index (κ1) is 45.3. The van der Waals surface area contributed by atoms with Crippen LogP contribution >= 0.6 is 0 Å². The number of nitrogens with two attached hydrogens (primary N) is 2. The van der Waals surface area contributed by atoms with Crippen molar-refractivity contribution in [2.24, 2.45) is 11.5 Å². The van der Waals surface area contributed by atoms with E-state index >= 15 is 0 Å². The third-order valence-corrected chi connectivity index (χ3v) is 7.80. The van der Waals surface area contributed by atoms with Crippen molar-refractivity contribution in [1.29, 1.82) is 0 Å². The zero-order valence-corrected chi connectivity index (χ0v) is 31.2. The normalized spacial score (nSPS) is 13.7. The Balaban J connectivity index is 0.000000373. The maximum absolute atomic E-state index is 12.6. The van der Waals surface area contributed by atoms with Gasteiger partial charge in [0.2, 0.25) is 23.6 Å². The predicted octanol–water partition coefficient (Wildman–Crippen LogP) is -3.48. The molecule has 0 aliphatic carbocycles. The van der Waals surface area contributed by atoms with Crippen LogP contribution in [0, 0.1) is 0 Å². The molecule has 0 saturated carbocycles. The van der Waals surface area contributed by atoms with Gasteiger partial charge in [-0.15, -0.1) is 0 Å². The number of imidazole rings is 2. The van der Waals surface area contributed by atoms with Crippen LogP contribution in [0.15, 0.2) is 85.7 Å². The van der Waals surface area contributed by atoms with Crippen LogP contribution in [0.2, 0.25) is 0 Å². The predicted molar refractivity (Wildman–Crippen MR) is 190 cm³/mol. The molecule has 4 rings (SSSR count). The summed E-state index contributed by atoms with van der Waals surface area (Å²) in [6.07, 6.45) is 6.33. The minimum absolute atomic E-state index is 0. The molecule has 4 aromatic rings. The second-order valence-corrected chi connectivity index (χ2v) is 12.4. The van der Waals surface area contributed by atoms with Crippen molar-refractivity contribution in [2.45, 2.75) is 75.8 Å². The molecule has 18 nitrogen and oxygen atoms in total. The van der Waals surface area contributed by atoms with Gasteiger partial charge in [0.05, 0.1) is 60.1 Å². The van der Waals surface area contributed by atoms with Gasteiger partial charge in [0.15, 0.2) is 0 Å². The van der Waals surface area contributed by atoms with E-state index in [-0.39, 0.29) is 42.8 Å². The van der Waals surface area contributed by atoms with E-state index in [1.807, 2.05) is 0 Å². The number of carboxylic acids is 2. The van der Waals surface area contributed by atoms with E-state index in [1.54, 1.807) is 73.1 Å². The number of rotatable bonds is 18. The fourth-order valence-corrected chi connectivity index (χ4v) is 4.88. The number of amides is 4. The molecule has 19 heteroatoms. The van der Waals surface area contributed by atoms with E-state index in [2.05, 4.69) is 41.2 Å². The van der Waals surface area contributed by atoms with E-state index in [4.69, 9.17) is 11.5 Å². The Morgan fingerprint density at radius 2 is 0.891 bits per heavy atom. The summed E-state index contributed by atoms with van der Waals surface area (Å²) in [5, 5.41) is 32.8. The first-order valence-electron chi connectivity index (χ1n) is 16.9. The Kier molecular flexibility index (Phi) is 19.0. The molecule has 55 heavy (non-hydrogen) atoms. The van der Waals surface area contributed by atoms with Crippen LogP contribution in [-0.2, 0) is 71.5 Å². The van der Waals surface area contributed by atoms with Gasteiger partial charge in [-0.1, -0.05) is 60.7 Å². The summed E-state index contributed by atoms with van der Waals surface area (Å²) in [5.41, 5.74) is 13.6. The number of aliphatic carboxylic acids is 2. The molecule has 0 aliphatic heterocycles. The van der Waals surface area contributed by atoms with Gasteiger partial charge >= 0.3 is 17.1 Å². The van der Waals surface area contributed by atoms with Crippen LogP contribution in [0.4, 0.5) is 0 Å². The van der Waals surface area contributed by atoms with Crippen LogP contribution < -0.4 is 42.9 Å². The van der Waals surface area contributed by atoms with Gasteiger partial charge in [0.1, 0.15) is 12.1 Å². The fourth-order valence-electron chi connectivity index (χ4n) is 4.88. The van der Waals surface area contributed by atoms with E-state index in [0.29, 0.717) is 11.4 Å². The molecule has 0 aliphatic rings. The molecular weight excluding hydrogens is 755 g/mol.